The topological polar surface area (TPSA) is 82.2 Å². The minimum absolute atomic E-state index is 0.00222. The molecule has 27 heavy (non-hydrogen) atoms. The monoisotopic (exact) mass is 368 g/mol. The van der Waals surface area contributed by atoms with E-state index in [9.17, 15) is 4.79 Å². The van der Waals surface area contributed by atoms with E-state index in [-0.39, 0.29) is 18.0 Å². The Labute approximate surface area is 158 Å². The molecule has 7 nitrogen and oxygen atoms in total. The van der Waals surface area contributed by atoms with Crippen LogP contribution in [0.5, 0.6) is 6.01 Å². The van der Waals surface area contributed by atoms with E-state index in [1.54, 1.807) is 17.0 Å². The maximum atomic E-state index is 11.9. The molecule has 0 unspecified atom stereocenters. The zero-order valence-electron chi connectivity index (χ0n) is 16.0. The van der Waals surface area contributed by atoms with Crippen LogP contribution in [0.3, 0.4) is 0 Å². The van der Waals surface area contributed by atoms with Crippen LogP contribution in [-0.2, 0) is 4.79 Å². The average Bonchev–Trinajstić information content (AvgIpc) is 3.23. The van der Waals surface area contributed by atoms with Gasteiger partial charge in [-0.3, -0.25) is 4.79 Å². The van der Waals surface area contributed by atoms with Crippen molar-refractivity contribution in [2.45, 2.75) is 40.2 Å². The number of benzene rings is 1. The van der Waals surface area contributed by atoms with E-state index in [0.29, 0.717) is 23.9 Å². The lowest BCUT2D eigenvalue weighted by Crippen LogP contribution is -2.13. The first-order valence-corrected chi connectivity index (χ1v) is 9.00. The normalized spacial score (nSPS) is 11.2. The van der Waals surface area contributed by atoms with Crippen molar-refractivity contribution in [3.63, 3.8) is 0 Å². The van der Waals surface area contributed by atoms with E-state index in [2.05, 4.69) is 15.4 Å². The number of ether oxygens (including phenoxy) is 1. The number of aromatic nitrogens is 3. The first kappa shape index (κ1) is 18.7. The van der Waals surface area contributed by atoms with Crippen LogP contribution in [0, 0.1) is 5.92 Å². The summed E-state index contributed by atoms with van der Waals surface area (Å²) >= 11 is 0. The van der Waals surface area contributed by atoms with Crippen LogP contribution in [0.15, 0.2) is 47.1 Å². The molecule has 0 aliphatic rings. The van der Waals surface area contributed by atoms with Crippen LogP contribution < -0.4 is 10.1 Å². The number of nitrogens with zero attached hydrogens (tertiary/aromatic N) is 3. The van der Waals surface area contributed by atoms with Gasteiger partial charge in [0.15, 0.2) is 5.76 Å². The molecule has 1 amide bonds. The summed E-state index contributed by atoms with van der Waals surface area (Å²) in [5.41, 5.74) is 1.53. The molecule has 0 aliphatic carbocycles. The Morgan fingerprint density at radius 2 is 1.93 bits per heavy atom. The second-order valence-electron chi connectivity index (χ2n) is 6.97. The SMILES string of the molecule is CC(C)CC(=O)Nc1ccc(-n2nc(OC(C)C)nc2-c2ccco2)cc1. The Kier molecular flexibility index (Phi) is 5.59. The number of anilines is 1. The number of rotatable bonds is 7. The number of hydrogen-bond donors (Lipinski definition) is 1. The van der Waals surface area contributed by atoms with Gasteiger partial charge < -0.3 is 14.5 Å². The number of carbonyl (C=O) groups is 1. The maximum Gasteiger partial charge on any atom is 0.336 e. The number of amides is 1. The molecule has 0 radical (unpaired) electrons. The van der Waals surface area contributed by atoms with Gasteiger partial charge in [0.2, 0.25) is 11.7 Å². The van der Waals surface area contributed by atoms with Crippen molar-refractivity contribution < 1.29 is 13.9 Å². The largest absolute Gasteiger partial charge is 0.461 e. The van der Waals surface area contributed by atoms with Gasteiger partial charge in [0.05, 0.1) is 18.1 Å². The highest BCUT2D eigenvalue weighted by atomic mass is 16.5. The highest BCUT2D eigenvalue weighted by Crippen LogP contribution is 2.25. The van der Waals surface area contributed by atoms with Crippen molar-refractivity contribution in [1.82, 2.24) is 14.8 Å². The third-order valence-electron chi connectivity index (χ3n) is 3.66. The van der Waals surface area contributed by atoms with Gasteiger partial charge in [-0.1, -0.05) is 13.8 Å². The van der Waals surface area contributed by atoms with Crippen LogP contribution in [-0.4, -0.2) is 26.8 Å². The van der Waals surface area contributed by atoms with Crippen LogP contribution >= 0.6 is 0 Å². The van der Waals surface area contributed by atoms with Crippen molar-refractivity contribution >= 4 is 11.6 Å². The van der Waals surface area contributed by atoms with Crippen molar-refractivity contribution in [3.8, 4) is 23.3 Å². The summed E-state index contributed by atoms with van der Waals surface area (Å²) in [5, 5.41) is 7.34. The van der Waals surface area contributed by atoms with E-state index in [4.69, 9.17) is 9.15 Å². The Hall–Kier alpha value is -3.09. The lowest BCUT2D eigenvalue weighted by atomic mass is 10.1. The highest BCUT2D eigenvalue weighted by Gasteiger charge is 2.17. The van der Waals surface area contributed by atoms with Gasteiger partial charge in [-0.2, -0.15) is 4.98 Å². The fraction of sp³-hybridized carbons (Fsp3) is 0.350. The summed E-state index contributed by atoms with van der Waals surface area (Å²) in [7, 11) is 0. The zero-order valence-corrected chi connectivity index (χ0v) is 16.0. The molecular weight excluding hydrogens is 344 g/mol. The number of nitrogens with one attached hydrogen (secondary N) is 1. The summed E-state index contributed by atoms with van der Waals surface area (Å²) in [6, 6.07) is 11.3. The maximum absolute atomic E-state index is 11.9. The molecule has 0 saturated carbocycles. The van der Waals surface area contributed by atoms with Gasteiger partial charge in [-0.15, -0.1) is 5.10 Å². The van der Waals surface area contributed by atoms with Crippen LogP contribution in [0.4, 0.5) is 5.69 Å². The zero-order chi connectivity index (χ0) is 19.4. The van der Waals surface area contributed by atoms with Crippen LogP contribution in [0.25, 0.3) is 17.3 Å². The minimum Gasteiger partial charge on any atom is -0.461 e. The molecule has 1 N–H and O–H groups in total. The van der Waals surface area contributed by atoms with Gasteiger partial charge in [-0.05, 0) is 56.2 Å². The molecule has 0 aliphatic heterocycles. The number of hydrogen-bond acceptors (Lipinski definition) is 5. The molecule has 7 heteroatoms. The molecule has 0 fully saturated rings. The van der Waals surface area contributed by atoms with E-state index < -0.39 is 0 Å². The minimum atomic E-state index is -0.0381. The van der Waals surface area contributed by atoms with Crippen molar-refractivity contribution in [3.05, 3.63) is 42.7 Å². The fourth-order valence-electron chi connectivity index (χ4n) is 2.57. The standard InChI is InChI=1S/C20H24N4O3/c1-13(2)12-18(25)21-15-7-9-16(10-8-15)24-19(17-6-5-11-26-17)22-20(23-24)27-14(3)4/h5-11,13-14H,12H2,1-4H3,(H,21,25). The molecular formula is C20H24N4O3. The van der Waals surface area contributed by atoms with Crippen molar-refractivity contribution in [2.75, 3.05) is 5.32 Å². The Bertz CT molecular complexity index is 881. The van der Waals surface area contributed by atoms with Gasteiger partial charge >= 0.3 is 6.01 Å². The van der Waals surface area contributed by atoms with Gasteiger partial charge in [0.25, 0.3) is 0 Å². The van der Waals surface area contributed by atoms with Gasteiger partial charge in [-0.25, -0.2) is 4.68 Å². The molecule has 0 saturated heterocycles. The summed E-state index contributed by atoms with van der Waals surface area (Å²) < 4.78 is 12.8. The van der Waals surface area contributed by atoms with Gasteiger partial charge in [0, 0.05) is 12.1 Å². The summed E-state index contributed by atoms with van der Waals surface area (Å²) in [4.78, 5) is 16.4. The average molecular weight is 368 g/mol. The number of furan rings is 1. The summed E-state index contributed by atoms with van der Waals surface area (Å²) in [6.45, 7) is 7.87. The predicted molar refractivity (Wildman–Crippen MR) is 103 cm³/mol. The molecule has 2 heterocycles. The Morgan fingerprint density at radius 3 is 2.52 bits per heavy atom. The smallest absolute Gasteiger partial charge is 0.336 e. The van der Waals surface area contributed by atoms with Gasteiger partial charge in [0.1, 0.15) is 0 Å². The molecule has 2 aromatic heterocycles. The van der Waals surface area contributed by atoms with E-state index in [1.165, 1.54) is 0 Å². The van der Waals surface area contributed by atoms with E-state index >= 15 is 0 Å². The van der Waals surface area contributed by atoms with Crippen LogP contribution in [0.1, 0.15) is 34.1 Å². The van der Waals surface area contributed by atoms with Crippen molar-refractivity contribution in [2.24, 2.45) is 5.92 Å². The van der Waals surface area contributed by atoms with Crippen molar-refractivity contribution in [1.29, 1.82) is 0 Å². The first-order valence-electron chi connectivity index (χ1n) is 9.00. The van der Waals surface area contributed by atoms with E-state index in [1.807, 2.05) is 58.0 Å². The molecule has 1 aromatic carbocycles. The second kappa shape index (κ2) is 8.07. The second-order valence-corrected chi connectivity index (χ2v) is 6.97. The molecule has 3 aromatic rings. The number of carbonyl (C=O) groups excluding carboxylic acids is 1. The first-order chi connectivity index (χ1) is 12.9. The lowest BCUT2D eigenvalue weighted by molar-refractivity contribution is -0.116. The highest BCUT2D eigenvalue weighted by molar-refractivity contribution is 5.90. The third-order valence-corrected chi connectivity index (χ3v) is 3.66. The summed E-state index contributed by atoms with van der Waals surface area (Å²) in [5.74, 6) is 1.46. The third kappa shape index (κ3) is 4.75. The molecule has 0 atom stereocenters. The molecule has 3 rings (SSSR count). The Morgan fingerprint density at radius 1 is 1.19 bits per heavy atom. The Balaban J connectivity index is 1.87. The predicted octanol–water partition coefficient (Wildman–Crippen LogP) is 4.30. The van der Waals surface area contributed by atoms with E-state index in [0.717, 1.165) is 11.4 Å². The molecule has 0 bridgehead atoms. The summed E-state index contributed by atoms with van der Waals surface area (Å²) in [6.07, 6.45) is 2.04. The molecule has 0 spiro atoms. The lowest BCUT2D eigenvalue weighted by Gasteiger charge is -2.09. The van der Waals surface area contributed by atoms with Crippen LogP contribution in [0.2, 0.25) is 0 Å². The molecule has 142 valence electrons. The quantitative estimate of drug-likeness (QED) is 0.672. The fourth-order valence-corrected chi connectivity index (χ4v) is 2.57.